The molecule has 0 spiro atoms. The van der Waals surface area contributed by atoms with Crippen LogP contribution in [0, 0.1) is 5.92 Å². The fraction of sp³-hybridized carbons (Fsp3) is 0.412. The van der Waals surface area contributed by atoms with Gasteiger partial charge in [0.1, 0.15) is 0 Å². The molecule has 1 aromatic carbocycles. The molecule has 0 saturated heterocycles. The summed E-state index contributed by atoms with van der Waals surface area (Å²) in [6.45, 7) is 0. The van der Waals surface area contributed by atoms with Gasteiger partial charge in [-0.05, 0) is 30.0 Å². The fourth-order valence-electron chi connectivity index (χ4n) is 3.23. The van der Waals surface area contributed by atoms with E-state index in [2.05, 4.69) is 10.3 Å². The lowest BCUT2D eigenvalue weighted by molar-refractivity contribution is -0.118. The van der Waals surface area contributed by atoms with Crippen LogP contribution in [0.25, 0.3) is 0 Å². The van der Waals surface area contributed by atoms with Gasteiger partial charge in [0.15, 0.2) is 5.13 Å². The minimum Gasteiger partial charge on any atom is -0.399 e. The summed E-state index contributed by atoms with van der Waals surface area (Å²) in [4.78, 5) is 16.9. The van der Waals surface area contributed by atoms with E-state index in [1.54, 1.807) is 6.20 Å². The number of nitrogens with zero attached hydrogens (tertiary/aromatic N) is 1. The van der Waals surface area contributed by atoms with Crippen molar-refractivity contribution < 1.29 is 4.79 Å². The quantitative estimate of drug-likeness (QED) is 0.819. The topological polar surface area (TPSA) is 68.0 Å². The Hall–Kier alpha value is -1.88. The van der Waals surface area contributed by atoms with E-state index >= 15 is 0 Å². The van der Waals surface area contributed by atoms with E-state index in [9.17, 15) is 4.79 Å². The molecule has 1 atom stereocenters. The van der Waals surface area contributed by atoms with Crippen LogP contribution in [-0.4, -0.2) is 10.9 Å². The van der Waals surface area contributed by atoms with Crippen LogP contribution >= 0.6 is 11.3 Å². The van der Waals surface area contributed by atoms with Gasteiger partial charge >= 0.3 is 0 Å². The highest BCUT2D eigenvalue weighted by Crippen LogP contribution is 2.35. The molecule has 0 radical (unpaired) electrons. The Labute approximate surface area is 134 Å². The third-order valence-electron chi connectivity index (χ3n) is 4.34. The lowest BCUT2D eigenvalue weighted by Gasteiger charge is -2.20. The molecule has 1 aliphatic rings. The average Bonchev–Trinajstić information content (AvgIpc) is 3.18. The molecule has 1 aromatic heterocycles. The van der Waals surface area contributed by atoms with Crippen LogP contribution in [0.1, 0.15) is 43.6 Å². The van der Waals surface area contributed by atoms with Gasteiger partial charge in [0.2, 0.25) is 5.91 Å². The molecule has 4 nitrogen and oxygen atoms in total. The van der Waals surface area contributed by atoms with Crippen molar-refractivity contribution in [2.75, 3.05) is 11.1 Å². The summed E-state index contributed by atoms with van der Waals surface area (Å²) in [6.07, 6.45) is 7.60. The van der Waals surface area contributed by atoms with Crippen molar-refractivity contribution in [2.45, 2.75) is 38.0 Å². The van der Waals surface area contributed by atoms with Gasteiger partial charge in [-0.25, -0.2) is 4.98 Å². The number of rotatable bonds is 5. The zero-order chi connectivity index (χ0) is 15.4. The molecular formula is C17H21N3OS. The number of anilines is 2. The van der Waals surface area contributed by atoms with Gasteiger partial charge in [0.25, 0.3) is 0 Å². The molecule has 2 aromatic rings. The van der Waals surface area contributed by atoms with Crippen molar-refractivity contribution in [3.63, 3.8) is 0 Å². The van der Waals surface area contributed by atoms with Crippen LogP contribution < -0.4 is 11.1 Å². The van der Waals surface area contributed by atoms with Crippen LogP contribution in [0.4, 0.5) is 10.8 Å². The summed E-state index contributed by atoms with van der Waals surface area (Å²) in [7, 11) is 0. The molecule has 3 rings (SSSR count). The van der Waals surface area contributed by atoms with Gasteiger partial charge in [-0.2, -0.15) is 0 Å². The first-order valence-corrected chi connectivity index (χ1v) is 8.66. The molecule has 1 heterocycles. The number of nitrogens with two attached hydrogens (primary N) is 1. The van der Waals surface area contributed by atoms with Gasteiger partial charge in [-0.3, -0.25) is 4.79 Å². The molecule has 0 aliphatic heterocycles. The minimum absolute atomic E-state index is 0.0208. The molecule has 1 aliphatic carbocycles. The summed E-state index contributed by atoms with van der Waals surface area (Å²) in [5, 5.41) is 5.46. The summed E-state index contributed by atoms with van der Waals surface area (Å²) >= 11 is 1.44. The van der Waals surface area contributed by atoms with Gasteiger partial charge in [0.05, 0.1) is 5.92 Å². The Balaban J connectivity index is 1.79. The van der Waals surface area contributed by atoms with E-state index in [4.69, 9.17) is 5.73 Å². The predicted molar refractivity (Wildman–Crippen MR) is 90.9 cm³/mol. The second kappa shape index (κ2) is 6.92. The first kappa shape index (κ1) is 15.0. The fourth-order valence-corrected chi connectivity index (χ4v) is 3.76. The molecule has 0 bridgehead atoms. The molecule has 1 amide bonds. The summed E-state index contributed by atoms with van der Waals surface area (Å²) in [5.41, 5.74) is 7.60. The molecule has 116 valence electrons. The lowest BCUT2D eigenvalue weighted by Crippen LogP contribution is -2.23. The number of carbonyl (C=O) groups is 1. The Bertz CT molecular complexity index is 621. The maximum absolute atomic E-state index is 12.7. The summed E-state index contributed by atoms with van der Waals surface area (Å²) in [5.74, 6) is 0.497. The number of thiazole rings is 1. The number of carbonyl (C=O) groups excluding carboxylic acids is 1. The maximum Gasteiger partial charge on any atom is 0.233 e. The number of aromatic nitrogens is 1. The maximum atomic E-state index is 12.7. The normalized spacial score (nSPS) is 16.5. The zero-order valence-corrected chi connectivity index (χ0v) is 13.3. The van der Waals surface area contributed by atoms with Crippen molar-refractivity contribution >= 4 is 28.1 Å². The standard InChI is InChI=1S/C17H21N3OS/c18-14-7-3-6-13(11-14)15(10-12-4-1-2-5-12)16(21)20-17-19-8-9-22-17/h3,6-9,11-12,15H,1-2,4-5,10,18H2,(H,19,20,21). The summed E-state index contributed by atoms with van der Waals surface area (Å²) in [6, 6.07) is 7.69. The van der Waals surface area contributed by atoms with E-state index in [0.29, 0.717) is 16.7 Å². The summed E-state index contributed by atoms with van der Waals surface area (Å²) < 4.78 is 0. The second-order valence-corrected chi connectivity index (χ2v) is 6.83. The number of amides is 1. The van der Waals surface area contributed by atoms with Crippen molar-refractivity contribution in [3.05, 3.63) is 41.4 Å². The van der Waals surface area contributed by atoms with Gasteiger partial charge in [0, 0.05) is 17.3 Å². The van der Waals surface area contributed by atoms with E-state index in [-0.39, 0.29) is 11.8 Å². The van der Waals surface area contributed by atoms with Crippen LogP contribution in [0.3, 0.4) is 0 Å². The Morgan fingerprint density at radius 3 is 2.91 bits per heavy atom. The van der Waals surface area contributed by atoms with Crippen LogP contribution in [0.2, 0.25) is 0 Å². The Kier molecular flexibility index (Phi) is 4.73. The van der Waals surface area contributed by atoms with Crippen molar-refractivity contribution in [1.29, 1.82) is 0 Å². The van der Waals surface area contributed by atoms with E-state index in [1.165, 1.54) is 37.0 Å². The number of benzene rings is 1. The largest absolute Gasteiger partial charge is 0.399 e. The highest BCUT2D eigenvalue weighted by molar-refractivity contribution is 7.13. The van der Waals surface area contributed by atoms with E-state index in [0.717, 1.165) is 12.0 Å². The van der Waals surface area contributed by atoms with Gasteiger partial charge in [-0.15, -0.1) is 11.3 Å². The zero-order valence-electron chi connectivity index (χ0n) is 12.5. The molecule has 3 N–H and O–H groups in total. The van der Waals surface area contributed by atoms with E-state index < -0.39 is 0 Å². The minimum atomic E-state index is -0.157. The predicted octanol–water partition coefficient (Wildman–Crippen LogP) is 4.03. The number of hydrogen-bond donors (Lipinski definition) is 2. The smallest absolute Gasteiger partial charge is 0.233 e. The van der Waals surface area contributed by atoms with Crippen molar-refractivity contribution in [2.24, 2.45) is 5.92 Å². The van der Waals surface area contributed by atoms with Crippen LogP contribution in [0.15, 0.2) is 35.8 Å². The van der Waals surface area contributed by atoms with Gasteiger partial charge in [-0.1, -0.05) is 37.8 Å². The third-order valence-corrected chi connectivity index (χ3v) is 5.02. The lowest BCUT2D eigenvalue weighted by atomic mass is 9.87. The molecule has 1 fully saturated rings. The Morgan fingerprint density at radius 1 is 1.41 bits per heavy atom. The van der Waals surface area contributed by atoms with Crippen molar-refractivity contribution in [3.8, 4) is 0 Å². The molecule has 1 unspecified atom stereocenters. The Morgan fingerprint density at radius 2 is 2.23 bits per heavy atom. The van der Waals surface area contributed by atoms with Crippen LogP contribution in [0.5, 0.6) is 0 Å². The number of nitrogen functional groups attached to an aromatic ring is 1. The molecule has 5 heteroatoms. The number of hydrogen-bond acceptors (Lipinski definition) is 4. The van der Waals surface area contributed by atoms with Gasteiger partial charge < -0.3 is 11.1 Å². The SMILES string of the molecule is Nc1cccc(C(CC2CCCC2)C(=O)Nc2nccs2)c1. The highest BCUT2D eigenvalue weighted by atomic mass is 32.1. The molecule has 22 heavy (non-hydrogen) atoms. The second-order valence-electron chi connectivity index (χ2n) is 5.94. The first-order valence-electron chi connectivity index (χ1n) is 7.78. The third kappa shape index (κ3) is 3.65. The first-order chi connectivity index (χ1) is 10.7. The van der Waals surface area contributed by atoms with Crippen LogP contribution in [-0.2, 0) is 4.79 Å². The number of nitrogens with one attached hydrogen (secondary N) is 1. The highest BCUT2D eigenvalue weighted by Gasteiger charge is 2.27. The molecular weight excluding hydrogens is 294 g/mol. The van der Waals surface area contributed by atoms with E-state index in [1.807, 2.05) is 29.6 Å². The van der Waals surface area contributed by atoms with Crippen molar-refractivity contribution in [1.82, 2.24) is 4.98 Å². The average molecular weight is 315 g/mol. The monoisotopic (exact) mass is 315 g/mol. The molecule has 1 saturated carbocycles.